The zero-order valence-electron chi connectivity index (χ0n) is 9.48. The van der Waals surface area contributed by atoms with Gasteiger partial charge in [-0.3, -0.25) is 4.98 Å². The van der Waals surface area contributed by atoms with Gasteiger partial charge in [-0.25, -0.2) is 0 Å². The second kappa shape index (κ2) is 6.56. The van der Waals surface area contributed by atoms with E-state index in [1.807, 2.05) is 6.92 Å². The van der Waals surface area contributed by atoms with Gasteiger partial charge in [-0.15, -0.1) is 10.2 Å². The first-order valence-electron chi connectivity index (χ1n) is 5.19. The van der Waals surface area contributed by atoms with Crippen molar-refractivity contribution in [3.8, 4) is 0 Å². The van der Waals surface area contributed by atoms with Crippen LogP contribution in [0.25, 0.3) is 0 Å². The zero-order chi connectivity index (χ0) is 13.0. The van der Waals surface area contributed by atoms with Crippen LogP contribution in [0.15, 0.2) is 16.6 Å². The van der Waals surface area contributed by atoms with Crippen molar-refractivity contribution in [2.24, 2.45) is 0 Å². The van der Waals surface area contributed by atoms with Crippen LogP contribution in [0.4, 0.5) is 5.13 Å². The average molecular weight is 321 g/mol. The molecule has 0 aliphatic rings. The lowest BCUT2D eigenvalue weighted by Crippen LogP contribution is -1.94. The molecule has 0 fully saturated rings. The molecule has 1 N–H and O–H groups in total. The number of nitrogens with one attached hydrogen (secondary N) is 1. The molecule has 0 atom stereocenters. The predicted octanol–water partition coefficient (Wildman–Crippen LogP) is 3.96. The Kier molecular flexibility index (Phi) is 5.05. The number of aromatic nitrogens is 3. The number of nitrogens with zero attached hydrogens (tertiary/aromatic N) is 3. The Hall–Kier alpha value is -0.560. The predicted molar refractivity (Wildman–Crippen MR) is 77.9 cm³/mol. The molecule has 0 saturated carbocycles. The molecule has 4 nitrogen and oxygen atoms in total. The van der Waals surface area contributed by atoms with Gasteiger partial charge in [-0.1, -0.05) is 46.3 Å². The third kappa shape index (κ3) is 3.71. The van der Waals surface area contributed by atoms with Crippen LogP contribution in [0.3, 0.4) is 0 Å². The van der Waals surface area contributed by atoms with Crippen molar-refractivity contribution in [3.05, 3.63) is 28.0 Å². The van der Waals surface area contributed by atoms with Gasteiger partial charge in [-0.05, 0) is 13.0 Å². The maximum atomic E-state index is 6.05. The lowest BCUT2D eigenvalue weighted by atomic mass is 10.4. The number of pyridine rings is 1. The van der Waals surface area contributed by atoms with Gasteiger partial charge >= 0.3 is 0 Å². The molecule has 0 aliphatic carbocycles. The quantitative estimate of drug-likeness (QED) is 0.845. The van der Waals surface area contributed by atoms with E-state index in [0.717, 1.165) is 21.7 Å². The first-order chi connectivity index (χ1) is 8.69. The lowest BCUT2D eigenvalue weighted by Gasteiger charge is -2.01. The van der Waals surface area contributed by atoms with E-state index in [-0.39, 0.29) is 0 Å². The number of thioether (sulfide) groups is 1. The van der Waals surface area contributed by atoms with Crippen LogP contribution < -0.4 is 5.32 Å². The molecule has 96 valence electrons. The summed E-state index contributed by atoms with van der Waals surface area (Å²) in [6.45, 7) is 2.86. The number of rotatable bonds is 5. The van der Waals surface area contributed by atoms with Crippen LogP contribution in [-0.2, 0) is 5.75 Å². The van der Waals surface area contributed by atoms with Gasteiger partial charge in [0.1, 0.15) is 0 Å². The summed E-state index contributed by atoms with van der Waals surface area (Å²) in [5.74, 6) is 0.650. The number of hydrogen-bond acceptors (Lipinski definition) is 6. The molecule has 2 heterocycles. The molecule has 2 rings (SSSR count). The maximum absolute atomic E-state index is 6.05. The van der Waals surface area contributed by atoms with Gasteiger partial charge in [0.25, 0.3) is 0 Å². The summed E-state index contributed by atoms with van der Waals surface area (Å²) in [7, 11) is 0. The van der Waals surface area contributed by atoms with E-state index in [1.54, 1.807) is 24.0 Å². The topological polar surface area (TPSA) is 50.7 Å². The first kappa shape index (κ1) is 13.9. The second-order valence-electron chi connectivity index (χ2n) is 3.27. The standard InChI is InChI=1S/C10H10Cl2N4S2/c1-2-13-9-15-16-10(18-9)17-5-8-7(12)3-6(11)4-14-8/h3-4H,2,5H2,1H3,(H,13,15). The Morgan fingerprint density at radius 1 is 1.39 bits per heavy atom. The van der Waals surface area contributed by atoms with Crippen LogP contribution in [0.5, 0.6) is 0 Å². The number of hydrogen-bond donors (Lipinski definition) is 1. The zero-order valence-corrected chi connectivity index (χ0v) is 12.6. The highest BCUT2D eigenvalue weighted by Crippen LogP contribution is 2.30. The molecule has 0 amide bonds. The second-order valence-corrected chi connectivity index (χ2v) is 6.32. The van der Waals surface area contributed by atoms with Crippen molar-refractivity contribution in [2.45, 2.75) is 17.0 Å². The molecule has 0 spiro atoms. The van der Waals surface area contributed by atoms with Crippen molar-refractivity contribution in [1.29, 1.82) is 0 Å². The van der Waals surface area contributed by atoms with Gasteiger partial charge in [0, 0.05) is 18.5 Å². The minimum Gasteiger partial charge on any atom is -0.360 e. The minimum atomic E-state index is 0.541. The van der Waals surface area contributed by atoms with E-state index in [9.17, 15) is 0 Å². The Labute approximate surface area is 123 Å². The molecule has 0 unspecified atom stereocenters. The van der Waals surface area contributed by atoms with Crippen LogP contribution in [0, 0.1) is 0 Å². The van der Waals surface area contributed by atoms with E-state index in [1.165, 1.54) is 11.3 Å². The molecule has 2 aromatic rings. The Morgan fingerprint density at radius 2 is 2.22 bits per heavy atom. The maximum Gasteiger partial charge on any atom is 0.206 e. The third-order valence-corrected chi connectivity index (χ3v) is 4.51. The molecule has 0 aromatic carbocycles. The number of halogens is 2. The van der Waals surface area contributed by atoms with Crippen LogP contribution in [-0.4, -0.2) is 21.7 Å². The first-order valence-corrected chi connectivity index (χ1v) is 7.75. The normalized spacial score (nSPS) is 10.6. The van der Waals surface area contributed by atoms with Crippen LogP contribution in [0.2, 0.25) is 10.0 Å². The molecular weight excluding hydrogens is 311 g/mol. The van der Waals surface area contributed by atoms with Gasteiger partial charge in [0.2, 0.25) is 5.13 Å². The van der Waals surface area contributed by atoms with Gasteiger partial charge in [-0.2, -0.15) is 0 Å². The fourth-order valence-corrected chi connectivity index (χ4v) is 3.48. The molecule has 18 heavy (non-hydrogen) atoms. The highest BCUT2D eigenvalue weighted by atomic mass is 35.5. The summed E-state index contributed by atoms with van der Waals surface area (Å²) in [6.07, 6.45) is 1.59. The SMILES string of the molecule is CCNc1nnc(SCc2ncc(Cl)cc2Cl)s1. The van der Waals surface area contributed by atoms with Gasteiger partial charge < -0.3 is 5.32 Å². The molecular formula is C10H10Cl2N4S2. The van der Waals surface area contributed by atoms with E-state index < -0.39 is 0 Å². The molecule has 0 radical (unpaired) electrons. The smallest absolute Gasteiger partial charge is 0.206 e. The van der Waals surface area contributed by atoms with Crippen molar-refractivity contribution < 1.29 is 0 Å². The summed E-state index contributed by atoms with van der Waals surface area (Å²) in [6, 6.07) is 1.69. The summed E-state index contributed by atoms with van der Waals surface area (Å²) in [4.78, 5) is 4.19. The van der Waals surface area contributed by atoms with Gasteiger partial charge in [0.15, 0.2) is 4.34 Å². The number of anilines is 1. The van der Waals surface area contributed by atoms with E-state index in [4.69, 9.17) is 23.2 Å². The molecule has 2 aromatic heterocycles. The average Bonchev–Trinajstić information content (AvgIpc) is 2.76. The fourth-order valence-electron chi connectivity index (χ4n) is 1.17. The van der Waals surface area contributed by atoms with Crippen molar-refractivity contribution >= 4 is 51.4 Å². The Balaban J connectivity index is 1.97. The Morgan fingerprint density at radius 3 is 2.94 bits per heavy atom. The van der Waals surface area contributed by atoms with Crippen LogP contribution in [0.1, 0.15) is 12.6 Å². The van der Waals surface area contributed by atoms with E-state index in [0.29, 0.717) is 15.8 Å². The largest absolute Gasteiger partial charge is 0.360 e. The van der Waals surface area contributed by atoms with Gasteiger partial charge in [0.05, 0.1) is 15.7 Å². The van der Waals surface area contributed by atoms with Crippen molar-refractivity contribution in [1.82, 2.24) is 15.2 Å². The van der Waals surface area contributed by atoms with Crippen LogP contribution >= 0.6 is 46.3 Å². The van der Waals surface area contributed by atoms with E-state index >= 15 is 0 Å². The van der Waals surface area contributed by atoms with Crippen molar-refractivity contribution in [3.63, 3.8) is 0 Å². The molecule has 8 heteroatoms. The molecule has 0 saturated heterocycles. The molecule has 0 bridgehead atoms. The summed E-state index contributed by atoms with van der Waals surface area (Å²) in [5, 5.41) is 13.1. The third-order valence-electron chi connectivity index (χ3n) is 1.95. The summed E-state index contributed by atoms with van der Waals surface area (Å²) in [5.41, 5.74) is 0.797. The summed E-state index contributed by atoms with van der Waals surface area (Å²) >= 11 is 14.9. The highest BCUT2D eigenvalue weighted by molar-refractivity contribution is 8.00. The summed E-state index contributed by atoms with van der Waals surface area (Å²) < 4.78 is 0.888. The fraction of sp³-hybridized carbons (Fsp3) is 0.300. The minimum absolute atomic E-state index is 0.541. The highest BCUT2D eigenvalue weighted by Gasteiger charge is 2.07. The Bertz CT molecular complexity index is 532. The molecule has 0 aliphatic heterocycles. The van der Waals surface area contributed by atoms with Crippen molar-refractivity contribution in [2.75, 3.05) is 11.9 Å². The monoisotopic (exact) mass is 320 g/mol. The van der Waals surface area contributed by atoms with E-state index in [2.05, 4.69) is 20.5 Å². The lowest BCUT2D eigenvalue weighted by molar-refractivity contribution is 1.00.